The number of carbonyl (C=O) groups excluding carboxylic acids is 1. The Bertz CT molecular complexity index is 587. The van der Waals surface area contributed by atoms with Crippen molar-refractivity contribution < 1.29 is 13.9 Å². The van der Waals surface area contributed by atoms with Gasteiger partial charge in [-0.2, -0.15) is 0 Å². The standard InChI is InChI=1S/C15H15BrO3/c1-3-14-12(6-7-19-14)13(17)9-10-8-11(16)4-5-15(10)18-2/h4-8H,3,9H2,1-2H3. The Labute approximate surface area is 120 Å². The molecule has 2 aromatic rings. The average molecular weight is 323 g/mol. The Morgan fingerprint density at radius 1 is 1.37 bits per heavy atom. The van der Waals surface area contributed by atoms with Gasteiger partial charge in [-0.05, 0) is 24.3 Å². The summed E-state index contributed by atoms with van der Waals surface area (Å²) >= 11 is 3.41. The lowest BCUT2D eigenvalue weighted by molar-refractivity contribution is 0.0990. The van der Waals surface area contributed by atoms with Crippen LogP contribution in [0.4, 0.5) is 0 Å². The first-order valence-corrected chi connectivity index (χ1v) is 6.87. The number of ketones is 1. The maximum Gasteiger partial charge on any atom is 0.170 e. The monoisotopic (exact) mass is 322 g/mol. The summed E-state index contributed by atoms with van der Waals surface area (Å²) in [5.74, 6) is 1.50. The van der Waals surface area contributed by atoms with Crippen LogP contribution in [0, 0.1) is 0 Å². The van der Waals surface area contributed by atoms with Crippen LogP contribution in [0.1, 0.15) is 28.6 Å². The van der Waals surface area contributed by atoms with Gasteiger partial charge in [-0.15, -0.1) is 0 Å². The van der Waals surface area contributed by atoms with Crippen LogP contribution in [0.3, 0.4) is 0 Å². The quantitative estimate of drug-likeness (QED) is 0.780. The molecular formula is C15H15BrO3. The molecule has 1 heterocycles. The first kappa shape index (κ1) is 13.9. The summed E-state index contributed by atoms with van der Waals surface area (Å²) in [6, 6.07) is 7.37. The molecule has 1 aromatic carbocycles. The van der Waals surface area contributed by atoms with Gasteiger partial charge in [0.05, 0.1) is 18.9 Å². The molecule has 0 spiro atoms. The molecular weight excluding hydrogens is 308 g/mol. The van der Waals surface area contributed by atoms with E-state index in [1.165, 1.54) is 0 Å². The fraction of sp³-hybridized carbons (Fsp3) is 0.267. The van der Waals surface area contributed by atoms with E-state index in [1.54, 1.807) is 19.4 Å². The maximum absolute atomic E-state index is 12.3. The number of carbonyl (C=O) groups is 1. The third-order valence-corrected chi connectivity index (χ3v) is 3.45. The van der Waals surface area contributed by atoms with Gasteiger partial charge in [0.1, 0.15) is 11.5 Å². The van der Waals surface area contributed by atoms with Crippen LogP contribution in [0.15, 0.2) is 39.4 Å². The smallest absolute Gasteiger partial charge is 0.170 e. The molecule has 0 saturated carbocycles. The van der Waals surface area contributed by atoms with Crippen LogP contribution in [0.25, 0.3) is 0 Å². The summed E-state index contributed by atoms with van der Waals surface area (Å²) in [5.41, 5.74) is 1.52. The Hall–Kier alpha value is -1.55. The Morgan fingerprint density at radius 3 is 2.84 bits per heavy atom. The molecule has 0 aliphatic carbocycles. The lowest BCUT2D eigenvalue weighted by atomic mass is 10.0. The van der Waals surface area contributed by atoms with Crippen molar-refractivity contribution in [1.29, 1.82) is 0 Å². The average Bonchev–Trinajstić information content (AvgIpc) is 2.87. The Kier molecular flexibility index (Phi) is 4.43. The van der Waals surface area contributed by atoms with Gasteiger partial charge in [0.15, 0.2) is 5.78 Å². The molecule has 0 N–H and O–H groups in total. The van der Waals surface area contributed by atoms with Gasteiger partial charge in [-0.1, -0.05) is 22.9 Å². The highest BCUT2D eigenvalue weighted by atomic mass is 79.9. The van der Waals surface area contributed by atoms with Gasteiger partial charge in [0.2, 0.25) is 0 Å². The van der Waals surface area contributed by atoms with Crippen molar-refractivity contribution in [3.8, 4) is 5.75 Å². The summed E-state index contributed by atoms with van der Waals surface area (Å²) < 4.78 is 11.5. The van der Waals surface area contributed by atoms with E-state index in [1.807, 2.05) is 25.1 Å². The minimum Gasteiger partial charge on any atom is -0.496 e. The molecule has 0 atom stereocenters. The highest BCUT2D eigenvalue weighted by Crippen LogP contribution is 2.25. The highest BCUT2D eigenvalue weighted by molar-refractivity contribution is 9.10. The van der Waals surface area contributed by atoms with Crippen molar-refractivity contribution >= 4 is 21.7 Å². The molecule has 19 heavy (non-hydrogen) atoms. The number of ether oxygens (including phenoxy) is 1. The van der Waals surface area contributed by atoms with Gasteiger partial charge >= 0.3 is 0 Å². The third-order valence-electron chi connectivity index (χ3n) is 2.96. The van der Waals surface area contributed by atoms with Crippen molar-refractivity contribution in [1.82, 2.24) is 0 Å². The number of hydrogen-bond donors (Lipinski definition) is 0. The molecule has 0 aliphatic rings. The molecule has 0 aliphatic heterocycles. The second kappa shape index (κ2) is 6.06. The van der Waals surface area contributed by atoms with E-state index >= 15 is 0 Å². The zero-order valence-corrected chi connectivity index (χ0v) is 12.5. The summed E-state index contributed by atoms with van der Waals surface area (Å²) in [7, 11) is 1.60. The van der Waals surface area contributed by atoms with Crippen molar-refractivity contribution in [3.63, 3.8) is 0 Å². The van der Waals surface area contributed by atoms with Gasteiger partial charge in [-0.3, -0.25) is 4.79 Å². The third kappa shape index (κ3) is 3.07. The number of halogens is 1. The van der Waals surface area contributed by atoms with E-state index < -0.39 is 0 Å². The van der Waals surface area contributed by atoms with Crippen molar-refractivity contribution in [2.75, 3.05) is 7.11 Å². The SMILES string of the molecule is CCc1occc1C(=O)Cc1cc(Br)ccc1OC. The Balaban J connectivity index is 2.26. The second-order valence-electron chi connectivity index (χ2n) is 4.17. The predicted molar refractivity (Wildman–Crippen MR) is 76.8 cm³/mol. The zero-order valence-electron chi connectivity index (χ0n) is 10.9. The second-order valence-corrected chi connectivity index (χ2v) is 5.08. The predicted octanol–water partition coefficient (Wildman–Crippen LogP) is 4.04. The minimum absolute atomic E-state index is 0.0435. The molecule has 0 saturated heterocycles. The number of Topliss-reactive ketones (excluding diaryl/α,β-unsaturated/α-hetero) is 1. The molecule has 0 bridgehead atoms. The van der Waals surface area contributed by atoms with Crippen molar-refractivity contribution in [2.24, 2.45) is 0 Å². The number of rotatable bonds is 5. The maximum atomic E-state index is 12.3. The minimum atomic E-state index is 0.0435. The molecule has 0 amide bonds. The topological polar surface area (TPSA) is 39.4 Å². The lowest BCUT2D eigenvalue weighted by Gasteiger charge is -2.08. The zero-order chi connectivity index (χ0) is 13.8. The molecule has 1 aromatic heterocycles. The van der Waals surface area contributed by atoms with Gasteiger partial charge in [0.25, 0.3) is 0 Å². The van der Waals surface area contributed by atoms with Gasteiger partial charge in [0, 0.05) is 22.9 Å². The first-order chi connectivity index (χ1) is 9.15. The van der Waals surface area contributed by atoms with Crippen molar-refractivity contribution in [3.05, 3.63) is 51.9 Å². The van der Waals surface area contributed by atoms with E-state index in [-0.39, 0.29) is 5.78 Å². The van der Waals surface area contributed by atoms with Crippen LogP contribution in [0.2, 0.25) is 0 Å². The van der Waals surface area contributed by atoms with E-state index in [2.05, 4.69) is 15.9 Å². The number of hydrogen-bond acceptors (Lipinski definition) is 3. The Morgan fingerprint density at radius 2 is 2.16 bits per heavy atom. The van der Waals surface area contributed by atoms with Crippen LogP contribution in [-0.2, 0) is 12.8 Å². The fourth-order valence-electron chi connectivity index (χ4n) is 2.02. The van der Waals surface area contributed by atoms with Crippen molar-refractivity contribution in [2.45, 2.75) is 19.8 Å². The number of aryl methyl sites for hydroxylation is 1. The number of benzene rings is 1. The highest BCUT2D eigenvalue weighted by Gasteiger charge is 2.16. The summed E-state index contributed by atoms with van der Waals surface area (Å²) in [4.78, 5) is 12.3. The van der Waals surface area contributed by atoms with Gasteiger partial charge in [-0.25, -0.2) is 0 Å². The molecule has 2 rings (SSSR count). The molecule has 4 heteroatoms. The van der Waals surface area contributed by atoms with E-state index in [9.17, 15) is 4.79 Å². The van der Waals surface area contributed by atoms with E-state index in [4.69, 9.17) is 9.15 Å². The summed E-state index contributed by atoms with van der Waals surface area (Å²) in [5, 5.41) is 0. The molecule has 0 radical (unpaired) electrons. The summed E-state index contributed by atoms with van der Waals surface area (Å²) in [6.07, 6.45) is 2.57. The molecule has 0 fully saturated rings. The summed E-state index contributed by atoms with van der Waals surface area (Å²) in [6.45, 7) is 1.97. The number of methoxy groups -OCH3 is 1. The molecule has 0 unspecified atom stereocenters. The first-order valence-electron chi connectivity index (χ1n) is 6.07. The van der Waals surface area contributed by atoms with Gasteiger partial charge < -0.3 is 9.15 Å². The fourth-order valence-corrected chi connectivity index (χ4v) is 2.42. The van der Waals surface area contributed by atoms with Crippen LogP contribution in [0.5, 0.6) is 5.75 Å². The molecule has 100 valence electrons. The molecule has 3 nitrogen and oxygen atoms in total. The lowest BCUT2D eigenvalue weighted by Crippen LogP contribution is -2.06. The normalized spacial score (nSPS) is 10.5. The van der Waals surface area contributed by atoms with E-state index in [0.29, 0.717) is 18.4 Å². The van der Waals surface area contributed by atoms with E-state index in [0.717, 1.165) is 21.5 Å². The largest absolute Gasteiger partial charge is 0.496 e. The van der Waals surface area contributed by atoms with Crippen LogP contribution >= 0.6 is 15.9 Å². The number of furan rings is 1. The van der Waals surface area contributed by atoms with Crippen LogP contribution < -0.4 is 4.74 Å². The van der Waals surface area contributed by atoms with Crippen LogP contribution in [-0.4, -0.2) is 12.9 Å².